The highest BCUT2D eigenvalue weighted by Crippen LogP contribution is 2.21. The summed E-state index contributed by atoms with van der Waals surface area (Å²) in [5.41, 5.74) is 11.3. The van der Waals surface area contributed by atoms with Crippen LogP contribution in [0.3, 0.4) is 0 Å². The normalized spacial score (nSPS) is 12.4. The molecule has 94 valence electrons. The summed E-state index contributed by atoms with van der Waals surface area (Å²) in [6.45, 7) is 4.99. The molecule has 2 aromatic carbocycles. The number of hydrogen-bond acceptors (Lipinski definition) is 1. The van der Waals surface area contributed by atoms with Crippen LogP contribution in [0.1, 0.15) is 28.2 Å². The van der Waals surface area contributed by atoms with Crippen molar-refractivity contribution in [1.82, 2.24) is 0 Å². The summed E-state index contributed by atoms with van der Waals surface area (Å²) >= 11 is 0. The van der Waals surface area contributed by atoms with Crippen molar-refractivity contribution >= 4 is 0 Å². The highest BCUT2D eigenvalue weighted by molar-refractivity contribution is 5.31. The average molecular weight is 239 g/mol. The molecular weight excluding hydrogens is 218 g/mol. The first kappa shape index (κ1) is 12.8. The monoisotopic (exact) mass is 239 g/mol. The smallest absolute Gasteiger partial charge is 0.000157 e. The Kier molecular flexibility index (Phi) is 4.16. The molecule has 0 amide bonds. The Morgan fingerprint density at radius 2 is 1.56 bits per heavy atom. The van der Waals surface area contributed by atoms with Crippen molar-refractivity contribution in [2.75, 3.05) is 6.54 Å². The summed E-state index contributed by atoms with van der Waals surface area (Å²) < 4.78 is 0. The third kappa shape index (κ3) is 3.21. The molecule has 2 rings (SSSR count). The molecule has 0 fully saturated rings. The molecule has 2 aromatic rings. The van der Waals surface area contributed by atoms with Gasteiger partial charge in [-0.25, -0.2) is 0 Å². The zero-order valence-corrected chi connectivity index (χ0v) is 11.2. The zero-order valence-electron chi connectivity index (χ0n) is 11.2. The fourth-order valence-electron chi connectivity index (χ4n) is 2.53. The van der Waals surface area contributed by atoms with Crippen LogP contribution >= 0.6 is 0 Å². The summed E-state index contributed by atoms with van der Waals surface area (Å²) in [7, 11) is 0. The van der Waals surface area contributed by atoms with Crippen LogP contribution in [0, 0.1) is 13.8 Å². The lowest BCUT2D eigenvalue weighted by atomic mass is 9.91. The molecule has 0 aliphatic carbocycles. The molecule has 0 radical (unpaired) electrons. The molecule has 0 aromatic heterocycles. The SMILES string of the molecule is Cc1cc(C)cc(CC(CN)c2ccccc2)c1. The van der Waals surface area contributed by atoms with Crippen molar-refractivity contribution in [2.45, 2.75) is 26.2 Å². The van der Waals surface area contributed by atoms with Crippen LogP contribution in [0.5, 0.6) is 0 Å². The van der Waals surface area contributed by atoms with E-state index in [2.05, 4.69) is 56.3 Å². The van der Waals surface area contributed by atoms with Crippen LogP contribution in [0.15, 0.2) is 48.5 Å². The maximum absolute atomic E-state index is 5.93. The van der Waals surface area contributed by atoms with E-state index in [9.17, 15) is 0 Å². The number of nitrogens with two attached hydrogens (primary N) is 1. The van der Waals surface area contributed by atoms with Gasteiger partial charge in [-0.15, -0.1) is 0 Å². The summed E-state index contributed by atoms with van der Waals surface area (Å²) in [4.78, 5) is 0. The maximum Gasteiger partial charge on any atom is 0.000157 e. The van der Waals surface area contributed by atoms with Gasteiger partial charge in [-0.05, 0) is 37.9 Å². The summed E-state index contributed by atoms with van der Waals surface area (Å²) in [6.07, 6.45) is 1.02. The first-order valence-electron chi connectivity index (χ1n) is 6.51. The van der Waals surface area contributed by atoms with Gasteiger partial charge in [-0.1, -0.05) is 59.7 Å². The van der Waals surface area contributed by atoms with Gasteiger partial charge in [-0.3, -0.25) is 0 Å². The highest BCUT2D eigenvalue weighted by atomic mass is 14.5. The van der Waals surface area contributed by atoms with E-state index in [4.69, 9.17) is 5.73 Å². The Hall–Kier alpha value is -1.60. The summed E-state index contributed by atoms with van der Waals surface area (Å²) in [5, 5.41) is 0. The number of hydrogen-bond donors (Lipinski definition) is 1. The fraction of sp³-hybridized carbons (Fsp3) is 0.294. The Morgan fingerprint density at radius 1 is 0.944 bits per heavy atom. The van der Waals surface area contributed by atoms with Crippen molar-refractivity contribution in [2.24, 2.45) is 5.73 Å². The topological polar surface area (TPSA) is 26.0 Å². The Morgan fingerprint density at radius 3 is 2.11 bits per heavy atom. The third-order valence-corrected chi connectivity index (χ3v) is 3.32. The van der Waals surface area contributed by atoms with Crippen LogP contribution < -0.4 is 5.73 Å². The molecular formula is C17H21N. The first-order chi connectivity index (χ1) is 8.69. The van der Waals surface area contributed by atoms with Crippen molar-refractivity contribution in [3.05, 3.63) is 70.8 Å². The third-order valence-electron chi connectivity index (χ3n) is 3.32. The second-order valence-electron chi connectivity index (χ2n) is 5.04. The molecule has 0 spiro atoms. The minimum absolute atomic E-state index is 0.410. The molecule has 18 heavy (non-hydrogen) atoms. The van der Waals surface area contributed by atoms with Gasteiger partial charge in [0.05, 0.1) is 0 Å². The van der Waals surface area contributed by atoms with E-state index in [1.807, 2.05) is 6.07 Å². The second-order valence-corrected chi connectivity index (χ2v) is 5.04. The molecule has 0 heterocycles. The van der Waals surface area contributed by atoms with Crippen LogP contribution in [-0.4, -0.2) is 6.54 Å². The average Bonchev–Trinajstić information content (AvgIpc) is 2.36. The molecule has 0 aliphatic heterocycles. The van der Waals surface area contributed by atoms with Gasteiger partial charge >= 0.3 is 0 Å². The van der Waals surface area contributed by atoms with Gasteiger partial charge < -0.3 is 5.73 Å². The Bertz CT molecular complexity index is 482. The summed E-state index contributed by atoms with van der Waals surface area (Å²) in [6, 6.07) is 17.3. The van der Waals surface area contributed by atoms with E-state index in [1.165, 1.54) is 22.3 Å². The lowest BCUT2D eigenvalue weighted by Crippen LogP contribution is -2.15. The van der Waals surface area contributed by atoms with E-state index in [1.54, 1.807) is 0 Å². The Labute approximate surface area is 110 Å². The number of benzene rings is 2. The highest BCUT2D eigenvalue weighted by Gasteiger charge is 2.10. The zero-order chi connectivity index (χ0) is 13.0. The van der Waals surface area contributed by atoms with E-state index < -0.39 is 0 Å². The van der Waals surface area contributed by atoms with E-state index in [-0.39, 0.29) is 0 Å². The van der Waals surface area contributed by atoms with Gasteiger partial charge in [0.2, 0.25) is 0 Å². The molecule has 0 saturated heterocycles. The van der Waals surface area contributed by atoms with Crippen LogP contribution in [0.2, 0.25) is 0 Å². The van der Waals surface area contributed by atoms with E-state index in [0.717, 1.165) is 6.42 Å². The van der Waals surface area contributed by atoms with Crippen LogP contribution in [0.25, 0.3) is 0 Å². The van der Waals surface area contributed by atoms with Gasteiger partial charge in [0.25, 0.3) is 0 Å². The van der Waals surface area contributed by atoms with Crippen molar-refractivity contribution < 1.29 is 0 Å². The van der Waals surface area contributed by atoms with Crippen LogP contribution in [0.4, 0.5) is 0 Å². The van der Waals surface area contributed by atoms with Crippen molar-refractivity contribution in [3.8, 4) is 0 Å². The molecule has 0 bridgehead atoms. The van der Waals surface area contributed by atoms with Crippen LogP contribution in [-0.2, 0) is 6.42 Å². The van der Waals surface area contributed by atoms with E-state index >= 15 is 0 Å². The van der Waals surface area contributed by atoms with Crippen molar-refractivity contribution in [3.63, 3.8) is 0 Å². The lowest BCUT2D eigenvalue weighted by Gasteiger charge is -2.16. The molecule has 1 nitrogen and oxygen atoms in total. The first-order valence-corrected chi connectivity index (χ1v) is 6.51. The largest absolute Gasteiger partial charge is 0.330 e. The molecule has 2 N–H and O–H groups in total. The Balaban J connectivity index is 2.20. The molecule has 1 heteroatoms. The quantitative estimate of drug-likeness (QED) is 0.867. The van der Waals surface area contributed by atoms with Gasteiger partial charge in [0.15, 0.2) is 0 Å². The van der Waals surface area contributed by atoms with Gasteiger partial charge in [0.1, 0.15) is 0 Å². The van der Waals surface area contributed by atoms with Crippen molar-refractivity contribution in [1.29, 1.82) is 0 Å². The maximum atomic E-state index is 5.93. The minimum Gasteiger partial charge on any atom is -0.330 e. The number of aryl methyl sites for hydroxylation is 2. The minimum atomic E-state index is 0.410. The molecule has 0 saturated carbocycles. The number of rotatable bonds is 4. The second kappa shape index (κ2) is 5.83. The summed E-state index contributed by atoms with van der Waals surface area (Å²) in [5.74, 6) is 0.410. The molecule has 0 aliphatic rings. The van der Waals surface area contributed by atoms with Gasteiger partial charge in [0, 0.05) is 5.92 Å². The van der Waals surface area contributed by atoms with Gasteiger partial charge in [-0.2, -0.15) is 0 Å². The molecule has 1 atom stereocenters. The fourth-order valence-corrected chi connectivity index (χ4v) is 2.53. The predicted molar refractivity (Wildman–Crippen MR) is 77.9 cm³/mol. The molecule has 1 unspecified atom stereocenters. The van der Waals surface area contributed by atoms with E-state index in [0.29, 0.717) is 12.5 Å². The standard InChI is InChI=1S/C17H21N/c1-13-8-14(2)10-15(9-13)11-17(12-18)16-6-4-3-5-7-16/h3-10,17H,11-12,18H2,1-2H3. The predicted octanol–water partition coefficient (Wildman–Crippen LogP) is 3.59. The lowest BCUT2D eigenvalue weighted by molar-refractivity contribution is 0.694.